The molecule has 3 rings (SSSR count). The third-order valence-electron chi connectivity index (χ3n) is 4.79. The maximum atomic E-state index is 12.4. The van der Waals surface area contributed by atoms with Crippen molar-refractivity contribution >= 4 is 11.7 Å². The Balaban J connectivity index is 1.56. The molecule has 1 saturated heterocycles. The summed E-state index contributed by atoms with van der Waals surface area (Å²) in [5, 5.41) is 17.6. The Morgan fingerprint density at radius 3 is 2.84 bits per heavy atom. The van der Waals surface area contributed by atoms with Gasteiger partial charge in [-0.15, -0.1) is 0 Å². The molecule has 2 unspecified atom stereocenters. The molecule has 2 heterocycles. The van der Waals surface area contributed by atoms with Crippen LogP contribution in [0, 0.1) is 6.92 Å². The van der Waals surface area contributed by atoms with Crippen molar-refractivity contribution in [1.29, 1.82) is 0 Å². The van der Waals surface area contributed by atoms with Crippen LogP contribution < -0.4 is 5.32 Å². The molecule has 1 amide bonds. The molecule has 0 radical (unpaired) electrons. The topological polar surface area (TPSA) is 70.4 Å². The highest BCUT2D eigenvalue weighted by Crippen LogP contribution is 2.27. The van der Waals surface area contributed by atoms with Crippen LogP contribution in [0.2, 0.25) is 0 Å². The van der Waals surface area contributed by atoms with Crippen molar-refractivity contribution in [2.45, 2.75) is 38.3 Å². The standard InChI is InChI=1S/C19H26N4O2/c1-14-11-18(22(2)21-14)20-19(25)13-23-10-6-9-16(23)12-17(24)15-7-4-3-5-8-15/h3-5,7-8,11,16-17,24H,6,9-10,12-13H2,1-2H3,(H,20,25). The quantitative estimate of drug-likeness (QED) is 0.845. The summed E-state index contributed by atoms with van der Waals surface area (Å²) in [6.07, 6.45) is 2.24. The highest BCUT2D eigenvalue weighted by molar-refractivity contribution is 5.91. The van der Waals surface area contributed by atoms with Gasteiger partial charge in [0.25, 0.3) is 0 Å². The Bertz CT molecular complexity index is 713. The van der Waals surface area contributed by atoms with Crippen LogP contribution in [0.1, 0.15) is 36.6 Å². The summed E-state index contributed by atoms with van der Waals surface area (Å²) in [6, 6.07) is 11.8. The molecule has 6 nitrogen and oxygen atoms in total. The summed E-state index contributed by atoms with van der Waals surface area (Å²) in [5.74, 6) is 0.673. The van der Waals surface area contributed by atoms with Gasteiger partial charge in [0.05, 0.1) is 18.3 Å². The van der Waals surface area contributed by atoms with Crippen molar-refractivity contribution in [1.82, 2.24) is 14.7 Å². The van der Waals surface area contributed by atoms with Gasteiger partial charge in [0.1, 0.15) is 5.82 Å². The molecule has 0 aliphatic carbocycles. The molecular formula is C19H26N4O2. The second-order valence-corrected chi connectivity index (χ2v) is 6.77. The predicted octanol–water partition coefficient (Wildman–Crippen LogP) is 2.26. The minimum absolute atomic E-state index is 0.0379. The van der Waals surface area contributed by atoms with Gasteiger partial charge in [0, 0.05) is 19.2 Å². The molecule has 2 atom stereocenters. The van der Waals surface area contributed by atoms with E-state index in [1.165, 1.54) is 0 Å². The van der Waals surface area contributed by atoms with Gasteiger partial charge in [-0.05, 0) is 38.3 Å². The number of carbonyl (C=O) groups is 1. The average Bonchev–Trinajstić information content (AvgIpc) is 3.14. The molecule has 0 saturated carbocycles. The lowest BCUT2D eigenvalue weighted by Crippen LogP contribution is -2.37. The molecule has 2 aromatic rings. The van der Waals surface area contributed by atoms with Gasteiger partial charge in [0.15, 0.2) is 0 Å². The third-order valence-corrected chi connectivity index (χ3v) is 4.79. The molecule has 6 heteroatoms. The van der Waals surface area contributed by atoms with Crippen LogP contribution in [0.3, 0.4) is 0 Å². The molecule has 0 spiro atoms. The maximum absolute atomic E-state index is 12.4. The van der Waals surface area contributed by atoms with Crippen molar-refractivity contribution < 1.29 is 9.90 Å². The Kier molecular flexibility index (Phi) is 5.50. The van der Waals surface area contributed by atoms with Crippen molar-refractivity contribution in [2.75, 3.05) is 18.4 Å². The number of likely N-dealkylation sites (tertiary alicyclic amines) is 1. The predicted molar refractivity (Wildman–Crippen MR) is 97.2 cm³/mol. The largest absolute Gasteiger partial charge is 0.388 e. The molecule has 2 N–H and O–H groups in total. The van der Waals surface area contributed by atoms with Gasteiger partial charge < -0.3 is 10.4 Å². The highest BCUT2D eigenvalue weighted by Gasteiger charge is 2.28. The van der Waals surface area contributed by atoms with Crippen LogP contribution >= 0.6 is 0 Å². The fraction of sp³-hybridized carbons (Fsp3) is 0.474. The molecule has 1 fully saturated rings. The second-order valence-electron chi connectivity index (χ2n) is 6.77. The van der Waals surface area contributed by atoms with E-state index in [9.17, 15) is 9.90 Å². The highest BCUT2D eigenvalue weighted by atomic mass is 16.3. The Hall–Kier alpha value is -2.18. The van der Waals surface area contributed by atoms with E-state index >= 15 is 0 Å². The van der Waals surface area contributed by atoms with E-state index in [1.54, 1.807) is 4.68 Å². The number of hydrogen-bond acceptors (Lipinski definition) is 4. The monoisotopic (exact) mass is 342 g/mol. The third kappa shape index (κ3) is 4.46. The number of amides is 1. The normalized spacial score (nSPS) is 19.1. The number of carbonyl (C=O) groups excluding carboxylic acids is 1. The van der Waals surface area contributed by atoms with E-state index < -0.39 is 6.10 Å². The molecule has 0 bridgehead atoms. The lowest BCUT2D eigenvalue weighted by molar-refractivity contribution is -0.117. The summed E-state index contributed by atoms with van der Waals surface area (Å²) in [6.45, 7) is 3.14. The number of hydrogen-bond donors (Lipinski definition) is 2. The van der Waals surface area contributed by atoms with Gasteiger partial charge in [-0.1, -0.05) is 30.3 Å². The summed E-state index contributed by atoms with van der Waals surface area (Å²) >= 11 is 0. The van der Waals surface area contributed by atoms with E-state index in [4.69, 9.17) is 0 Å². The van der Waals surface area contributed by atoms with Crippen molar-refractivity contribution in [3.8, 4) is 0 Å². The number of aliphatic hydroxyl groups is 1. The summed E-state index contributed by atoms with van der Waals surface area (Å²) < 4.78 is 1.67. The zero-order chi connectivity index (χ0) is 17.8. The van der Waals surface area contributed by atoms with E-state index in [0.717, 1.165) is 30.6 Å². The van der Waals surface area contributed by atoms with Gasteiger partial charge in [-0.2, -0.15) is 5.10 Å². The first-order valence-electron chi connectivity index (χ1n) is 8.80. The SMILES string of the molecule is Cc1cc(NC(=O)CN2CCCC2CC(O)c2ccccc2)n(C)n1. The first-order valence-corrected chi connectivity index (χ1v) is 8.80. The van der Waals surface area contributed by atoms with Crippen LogP contribution in [0.4, 0.5) is 5.82 Å². The number of anilines is 1. The van der Waals surface area contributed by atoms with Gasteiger partial charge in [-0.25, -0.2) is 0 Å². The second kappa shape index (κ2) is 7.80. The van der Waals surface area contributed by atoms with E-state index in [2.05, 4.69) is 15.3 Å². The van der Waals surface area contributed by atoms with Crippen molar-refractivity contribution in [3.63, 3.8) is 0 Å². The number of nitrogens with zero attached hydrogens (tertiary/aromatic N) is 3. The number of nitrogens with one attached hydrogen (secondary N) is 1. The summed E-state index contributed by atoms with van der Waals surface area (Å²) in [4.78, 5) is 14.5. The Labute approximate surface area is 148 Å². The lowest BCUT2D eigenvalue weighted by Gasteiger charge is -2.26. The Morgan fingerprint density at radius 1 is 1.40 bits per heavy atom. The van der Waals surface area contributed by atoms with Gasteiger partial charge >= 0.3 is 0 Å². The summed E-state index contributed by atoms with van der Waals surface area (Å²) in [5.41, 5.74) is 1.81. The summed E-state index contributed by atoms with van der Waals surface area (Å²) in [7, 11) is 1.82. The fourth-order valence-electron chi connectivity index (χ4n) is 3.53. The fourth-order valence-corrected chi connectivity index (χ4v) is 3.53. The molecule has 1 aromatic heterocycles. The lowest BCUT2D eigenvalue weighted by atomic mass is 10.0. The van der Waals surface area contributed by atoms with E-state index in [-0.39, 0.29) is 11.9 Å². The number of aryl methyl sites for hydroxylation is 2. The van der Waals surface area contributed by atoms with Gasteiger partial charge in [0.2, 0.25) is 5.91 Å². The van der Waals surface area contributed by atoms with Crippen LogP contribution in [-0.2, 0) is 11.8 Å². The van der Waals surface area contributed by atoms with Crippen molar-refractivity contribution in [3.05, 3.63) is 47.7 Å². The molecule has 1 aliphatic rings. The number of aromatic nitrogens is 2. The van der Waals surface area contributed by atoms with Crippen LogP contribution in [0.25, 0.3) is 0 Å². The first kappa shape index (κ1) is 17.6. The van der Waals surface area contributed by atoms with Crippen LogP contribution in [0.5, 0.6) is 0 Å². The van der Waals surface area contributed by atoms with E-state index in [1.807, 2.05) is 50.4 Å². The molecule has 25 heavy (non-hydrogen) atoms. The minimum Gasteiger partial charge on any atom is -0.388 e. The van der Waals surface area contributed by atoms with Crippen molar-refractivity contribution in [2.24, 2.45) is 7.05 Å². The maximum Gasteiger partial charge on any atom is 0.239 e. The molecule has 1 aromatic carbocycles. The van der Waals surface area contributed by atoms with Crippen LogP contribution in [0.15, 0.2) is 36.4 Å². The average molecular weight is 342 g/mol. The van der Waals surface area contributed by atoms with E-state index in [0.29, 0.717) is 18.8 Å². The Morgan fingerprint density at radius 2 is 2.16 bits per heavy atom. The molecular weight excluding hydrogens is 316 g/mol. The van der Waals surface area contributed by atoms with Gasteiger partial charge in [-0.3, -0.25) is 14.4 Å². The first-order chi connectivity index (χ1) is 12.0. The smallest absolute Gasteiger partial charge is 0.239 e. The molecule has 1 aliphatic heterocycles. The molecule has 134 valence electrons. The van der Waals surface area contributed by atoms with Crippen LogP contribution in [-0.4, -0.2) is 44.8 Å². The number of benzene rings is 1. The minimum atomic E-state index is -0.491. The number of aliphatic hydroxyl groups excluding tert-OH is 1. The zero-order valence-corrected chi connectivity index (χ0v) is 14.9. The zero-order valence-electron chi connectivity index (χ0n) is 14.9. The number of rotatable bonds is 6.